The number of aliphatic hydroxyl groups excluding tert-OH is 3. The zero-order chi connectivity index (χ0) is 46.3. The first kappa shape index (κ1) is 60.9. The van der Waals surface area contributed by atoms with Crippen LogP contribution in [0.5, 0.6) is 0 Å². The zero-order valence-electron chi connectivity index (χ0n) is 40.5. The Labute approximate surface area is 378 Å². The van der Waals surface area contributed by atoms with Crippen molar-refractivity contribution < 1.29 is 57.8 Å². The van der Waals surface area contributed by atoms with Crippen LogP contribution in [0.15, 0.2) is 0 Å². The van der Waals surface area contributed by atoms with Crippen LogP contribution in [0.25, 0.3) is 0 Å². The van der Waals surface area contributed by atoms with Gasteiger partial charge in [-0.05, 0) is 32.5 Å². The van der Waals surface area contributed by atoms with Crippen molar-refractivity contribution in [1.82, 2.24) is 4.90 Å². The second kappa shape index (κ2) is 41.3. The number of hydrogen-bond acceptors (Lipinski definition) is 12. The lowest BCUT2D eigenvalue weighted by Crippen LogP contribution is -2.58. The van der Waals surface area contributed by atoms with Gasteiger partial charge in [-0.2, -0.15) is 0 Å². The second-order valence-electron chi connectivity index (χ2n) is 17.3. The highest BCUT2D eigenvalue weighted by molar-refractivity contribution is 7.52. The molecular weight excluding hydrogens is 813 g/mol. The van der Waals surface area contributed by atoms with Crippen LogP contribution in [-0.2, 0) is 37.6 Å². The molecular formula is C48H96NO12P. The Balaban J connectivity index is 0.00000486. The van der Waals surface area contributed by atoms with E-state index in [2.05, 4.69) is 39.5 Å². The van der Waals surface area contributed by atoms with Gasteiger partial charge in [-0.25, -0.2) is 0 Å². The number of ether oxygens (including phenoxy) is 4. The number of methoxy groups -OCH3 is 1. The van der Waals surface area contributed by atoms with E-state index >= 15 is 0 Å². The summed E-state index contributed by atoms with van der Waals surface area (Å²) < 4.78 is 39.6. The van der Waals surface area contributed by atoms with Gasteiger partial charge in [0.2, 0.25) is 0 Å². The van der Waals surface area contributed by atoms with Crippen LogP contribution in [0.4, 0.5) is 0 Å². The van der Waals surface area contributed by atoms with Crippen LogP contribution in [-0.4, -0.2) is 120 Å². The first-order valence-corrected chi connectivity index (χ1v) is 26.9. The highest BCUT2D eigenvalue weighted by atomic mass is 31.2. The summed E-state index contributed by atoms with van der Waals surface area (Å²) in [6, 6.07) is 0. The van der Waals surface area contributed by atoms with Gasteiger partial charge < -0.3 is 48.6 Å². The van der Waals surface area contributed by atoms with E-state index in [9.17, 15) is 34.4 Å². The largest absolute Gasteiger partial charge is 0.462 e. The van der Waals surface area contributed by atoms with Crippen molar-refractivity contribution in [1.29, 1.82) is 0 Å². The molecule has 0 radical (unpaired) electrons. The first-order chi connectivity index (χ1) is 29.9. The number of unbranched alkanes of at least 4 members (excludes halogenated alkanes) is 24. The number of esters is 2. The smallest absolute Gasteiger partial charge is 0.330 e. The van der Waals surface area contributed by atoms with Crippen molar-refractivity contribution >= 4 is 19.5 Å². The molecule has 0 saturated carbocycles. The summed E-state index contributed by atoms with van der Waals surface area (Å²) in [7, 11) is -3.26. The van der Waals surface area contributed by atoms with Gasteiger partial charge in [0.05, 0.1) is 12.8 Å². The molecule has 4 N–H and O–H groups in total. The van der Waals surface area contributed by atoms with E-state index < -0.39 is 69.1 Å². The monoisotopic (exact) mass is 910 g/mol. The molecule has 1 aliphatic heterocycles. The van der Waals surface area contributed by atoms with Crippen LogP contribution in [0.3, 0.4) is 0 Å². The maximum Gasteiger partial charge on any atom is 0.330 e. The van der Waals surface area contributed by atoms with Crippen molar-refractivity contribution in [2.45, 2.75) is 251 Å². The number of nitrogens with zero attached hydrogens (tertiary/aromatic N) is 1. The number of aliphatic hydroxyl groups is 3. The molecule has 14 heteroatoms. The molecule has 1 fully saturated rings. The minimum atomic E-state index is -4.49. The third-order valence-corrected chi connectivity index (χ3v) is 13.2. The molecule has 0 spiro atoms. The van der Waals surface area contributed by atoms with Crippen molar-refractivity contribution in [3.05, 3.63) is 0 Å². The Morgan fingerprint density at radius 1 is 0.565 bits per heavy atom. The summed E-state index contributed by atoms with van der Waals surface area (Å²) in [5.41, 5.74) is 0. The number of carbonyl (C=O) groups is 2. The van der Waals surface area contributed by atoms with E-state index in [0.29, 0.717) is 12.8 Å². The molecule has 0 aromatic heterocycles. The van der Waals surface area contributed by atoms with Gasteiger partial charge in [0.15, 0.2) is 12.4 Å². The molecule has 0 amide bonds. The van der Waals surface area contributed by atoms with Crippen LogP contribution >= 0.6 is 7.60 Å². The lowest BCUT2D eigenvalue weighted by molar-refractivity contribution is -0.285. The van der Waals surface area contributed by atoms with Gasteiger partial charge in [0.25, 0.3) is 0 Å². The fourth-order valence-electron chi connectivity index (χ4n) is 7.61. The molecule has 370 valence electrons. The summed E-state index contributed by atoms with van der Waals surface area (Å²) >= 11 is 0. The molecule has 0 aromatic carbocycles. The lowest BCUT2D eigenvalue weighted by Gasteiger charge is -2.40. The quantitative estimate of drug-likeness (QED) is 0.0259. The maximum absolute atomic E-state index is 13.0. The number of carbonyl (C=O) groups excluding carboxylic acids is 2. The molecule has 1 heterocycles. The van der Waals surface area contributed by atoms with Crippen LogP contribution in [0.1, 0.15) is 214 Å². The fraction of sp³-hybridized carbons (Fsp3) is 0.958. The number of rotatable bonds is 40. The van der Waals surface area contributed by atoms with Crippen molar-refractivity contribution in [3.8, 4) is 0 Å². The van der Waals surface area contributed by atoms with Gasteiger partial charge in [0.1, 0.15) is 31.0 Å². The Hall–Kier alpha value is -1.15. The highest BCUT2D eigenvalue weighted by Crippen LogP contribution is 2.45. The third-order valence-electron chi connectivity index (χ3n) is 11.8. The predicted molar refractivity (Wildman–Crippen MR) is 249 cm³/mol. The molecule has 7 atom stereocenters. The lowest BCUT2D eigenvalue weighted by atomic mass is 10.00. The third kappa shape index (κ3) is 33.3. The molecule has 1 rings (SSSR count). The van der Waals surface area contributed by atoms with E-state index in [1.165, 1.54) is 142 Å². The van der Waals surface area contributed by atoms with Crippen LogP contribution in [0, 0.1) is 0 Å². The van der Waals surface area contributed by atoms with Gasteiger partial charge in [-0.1, -0.05) is 189 Å². The molecule has 0 aliphatic carbocycles. The maximum atomic E-state index is 13.0. The first-order valence-electron chi connectivity index (χ1n) is 25.2. The van der Waals surface area contributed by atoms with Crippen molar-refractivity contribution in [3.63, 3.8) is 0 Å². The topological polar surface area (TPSA) is 182 Å². The van der Waals surface area contributed by atoms with Gasteiger partial charge in [-0.15, -0.1) is 0 Å². The molecule has 0 aromatic rings. The van der Waals surface area contributed by atoms with Crippen LogP contribution < -0.4 is 0 Å². The van der Waals surface area contributed by atoms with E-state index in [1.54, 1.807) is 0 Å². The molecule has 0 bridgehead atoms. The van der Waals surface area contributed by atoms with Gasteiger partial charge >= 0.3 is 19.5 Å². The van der Waals surface area contributed by atoms with E-state index in [1.807, 2.05) is 0 Å². The Bertz CT molecular complexity index is 1080. The van der Waals surface area contributed by atoms with E-state index in [4.69, 9.17) is 23.5 Å². The Kier molecular flexibility index (Phi) is 40.5. The molecule has 1 unspecified atom stereocenters. The normalized spacial score (nSPS) is 20.3. The average Bonchev–Trinajstić information content (AvgIpc) is 3.26. The van der Waals surface area contributed by atoms with Crippen LogP contribution in [0.2, 0.25) is 0 Å². The summed E-state index contributed by atoms with van der Waals surface area (Å²) in [4.78, 5) is 38.3. The number of hydrogen-bond donors (Lipinski definition) is 4. The van der Waals surface area contributed by atoms with E-state index in [0.717, 1.165) is 38.5 Å². The summed E-state index contributed by atoms with van der Waals surface area (Å²) in [6.45, 7) is 13.7. The molecule has 13 nitrogen and oxygen atoms in total. The van der Waals surface area contributed by atoms with E-state index in [-0.39, 0.29) is 19.4 Å². The Morgan fingerprint density at radius 3 is 1.32 bits per heavy atom. The SMILES string of the molecule is CCCCCCCCCCCCCCCC(=O)OC[C@@H](COP(=O)(O)C[C@H]1O[C@@H](OC)[C@H](O)[C@@H](O)[C@H]1O)OC(=O)CCCCCCCCCCCCCCC.CCN(CC)CC. The van der Waals surface area contributed by atoms with Gasteiger partial charge in [-0.3, -0.25) is 14.2 Å². The molecule has 62 heavy (non-hydrogen) atoms. The second-order valence-corrected chi connectivity index (χ2v) is 19.2. The fourth-order valence-corrected chi connectivity index (χ4v) is 8.87. The minimum Gasteiger partial charge on any atom is -0.462 e. The molecule has 1 aliphatic rings. The summed E-state index contributed by atoms with van der Waals surface area (Å²) in [5, 5.41) is 30.5. The molecule has 1 saturated heterocycles. The minimum absolute atomic E-state index is 0.165. The summed E-state index contributed by atoms with van der Waals surface area (Å²) in [6.07, 6.45) is 21.8. The predicted octanol–water partition coefficient (Wildman–Crippen LogP) is 10.4. The average molecular weight is 910 g/mol. The van der Waals surface area contributed by atoms with Crippen molar-refractivity contribution in [2.24, 2.45) is 0 Å². The van der Waals surface area contributed by atoms with Gasteiger partial charge in [0, 0.05) is 20.0 Å². The zero-order valence-corrected chi connectivity index (χ0v) is 41.3. The summed E-state index contributed by atoms with van der Waals surface area (Å²) in [5.74, 6) is -0.951. The van der Waals surface area contributed by atoms with Crippen molar-refractivity contribution in [2.75, 3.05) is 46.1 Å². The highest BCUT2D eigenvalue weighted by Gasteiger charge is 2.46. The Morgan fingerprint density at radius 2 is 0.952 bits per heavy atom. The standard InChI is InChI=1S/C42H81O12P.C6H15N/c1-4-6-8-10-12-14-16-18-20-22-24-26-28-30-37(43)51-32-35(33-52-55(48,49)34-36-39(45)40(46)41(47)42(50-3)54-36)53-38(44)31-29-27-25-23-21-19-17-15-13-11-9-7-5-2;1-4-7(5-2)6-3/h35-36,39-42,45-47H,4-34H2,1-3H3,(H,48,49);4-6H2,1-3H3/t35-,36+,39-,40-,41+,42+;/m0./s1.